The Labute approximate surface area is 102 Å². The molecular weight excluding hydrogens is 276 g/mol. The van der Waals surface area contributed by atoms with Gasteiger partial charge in [0, 0.05) is 19.0 Å². The van der Waals surface area contributed by atoms with Gasteiger partial charge in [0.1, 0.15) is 0 Å². The summed E-state index contributed by atoms with van der Waals surface area (Å²) in [6.07, 6.45) is 0. The normalized spacial score (nSPS) is 10.7. The molecule has 0 radical (unpaired) electrons. The van der Waals surface area contributed by atoms with Gasteiger partial charge in [0.25, 0.3) is 0 Å². The number of hydrogen-bond donors (Lipinski definition) is 1. The first kappa shape index (κ1) is 12.7. The van der Waals surface area contributed by atoms with E-state index in [0.717, 1.165) is 8.79 Å². The van der Waals surface area contributed by atoms with Gasteiger partial charge < -0.3 is 10.6 Å². The van der Waals surface area contributed by atoms with Crippen molar-refractivity contribution >= 4 is 38.2 Å². The maximum atomic E-state index is 11.9. The van der Waals surface area contributed by atoms with Crippen molar-refractivity contribution in [1.29, 1.82) is 0 Å². The smallest absolute Gasteiger partial charge is 0.230 e. The molecule has 5 heteroatoms. The molecule has 1 rings (SSSR count). The molecule has 0 aromatic carbocycles. The Morgan fingerprint density at radius 2 is 2.27 bits per heavy atom. The molecule has 1 aromatic rings. The van der Waals surface area contributed by atoms with Crippen molar-refractivity contribution in [2.24, 2.45) is 11.7 Å². The number of halogens is 1. The van der Waals surface area contributed by atoms with Crippen LogP contribution < -0.4 is 10.6 Å². The van der Waals surface area contributed by atoms with Crippen molar-refractivity contribution in [3.05, 3.63) is 15.9 Å². The first-order valence-corrected chi connectivity index (χ1v) is 6.44. The van der Waals surface area contributed by atoms with Crippen molar-refractivity contribution < 1.29 is 4.79 Å². The highest BCUT2D eigenvalue weighted by Crippen LogP contribution is 2.30. The van der Waals surface area contributed by atoms with Crippen LogP contribution in [-0.2, 0) is 4.79 Å². The van der Waals surface area contributed by atoms with Crippen molar-refractivity contribution in [2.75, 3.05) is 18.0 Å². The topological polar surface area (TPSA) is 46.3 Å². The Morgan fingerprint density at radius 1 is 1.60 bits per heavy atom. The molecule has 0 aliphatic rings. The van der Waals surface area contributed by atoms with Crippen LogP contribution in [0.4, 0.5) is 5.00 Å². The van der Waals surface area contributed by atoms with Crippen LogP contribution >= 0.6 is 27.3 Å². The standard InChI is InChI=1S/C10H15BrN2OS/c1-7(2)10(14)13(6-5-12)9-4-3-8(11)15-9/h3-4,7H,5-6,12H2,1-2H3. The molecule has 0 saturated heterocycles. The molecule has 0 spiro atoms. The van der Waals surface area contributed by atoms with Crippen molar-refractivity contribution in [2.45, 2.75) is 13.8 Å². The molecule has 0 fully saturated rings. The van der Waals surface area contributed by atoms with E-state index < -0.39 is 0 Å². The van der Waals surface area contributed by atoms with E-state index in [1.807, 2.05) is 26.0 Å². The fourth-order valence-electron chi connectivity index (χ4n) is 1.22. The average Bonchev–Trinajstić information content (AvgIpc) is 2.60. The molecule has 1 heterocycles. The Bertz CT molecular complexity index is 338. The zero-order valence-electron chi connectivity index (χ0n) is 8.87. The number of carbonyl (C=O) groups is 1. The number of nitrogens with zero attached hydrogens (tertiary/aromatic N) is 1. The maximum Gasteiger partial charge on any atom is 0.230 e. The summed E-state index contributed by atoms with van der Waals surface area (Å²) in [4.78, 5) is 13.7. The van der Waals surface area contributed by atoms with E-state index >= 15 is 0 Å². The lowest BCUT2D eigenvalue weighted by Gasteiger charge is -2.22. The molecule has 1 aromatic heterocycles. The number of amides is 1. The highest BCUT2D eigenvalue weighted by atomic mass is 79.9. The first-order chi connectivity index (χ1) is 7.06. The minimum absolute atomic E-state index is 0.00238. The lowest BCUT2D eigenvalue weighted by molar-refractivity contribution is -0.121. The summed E-state index contributed by atoms with van der Waals surface area (Å²) in [5.41, 5.74) is 5.51. The molecule has 0 saturated carbocycles. The van der Waals surface area contributed by atoms with E-state index in [4.69, 9.17) is 5.73 Å². The van der Waals surface area contributed by atoms with Crippen molar-refractivity contribution in [3.63, 3.8) is 0 Å². The second kappa shape index (κ2) is 5.63. The number of nitrogens with two attached hydrogens (primary N) is 1. The van der Waals surface area contributed by atoms with Gasteiger partial charge in [-0.15, -0.1) is 11.3 Å². The van der Waals surface area contributed by atoms with Crippen LogP contribution in [0.15, 0.2) is 15.9 Å². The summed E-state index contributed by atoms with van der Waals surface area (Å²) in [6, 6.07) is 3.88. The summed E-state index contributed by atoms with van der Waals surface area (Å²) >= 11 is 4.93. The summed E-state index contributed by atoms with van der Waals surface area (Å²) in [7, 11) is 0. The number of thiophene rings is 1. The third kappa shape index (κ3) is 3.29. The Hall–Kier alpha value is -0.390. The highest BCUT2D eigenvalue weighted by Gasteiger charge is 2.19. The highest BCUT2D eigenvalue weighted by molar-refractivity contribution is 9.11. The molecule has 0 aliphatic heterocycles. The second-order valence-corrected chi connectivity index (χ2v) is 5.95. The van der Waals surface area contributed by atoms with Crippen LogP contribution in [0, 0.1) is 5.92 Å². The SMILES string of the molecule is CC(C)C(=O)N(CCN)c1ccc(Br)s1. The van der Waals surface area contributed by atoms with Crippen LogP contribution in [0.5, 0.6) is 0 Å². The van der Waals surface area contributed by atoms with Crippen LogP contribution in [-0.4, -0.2) is 19.0 Å². The van der Waals surface area contributed by atoms with Crippen LogP contribution in [0.3, 0.4) is 0 Å². The van der Waals surface area contributed by atoms with Crippen molar-refractivity contribution in [3.8, 4) is 0 Å². The molecule has 15 heavy (non-hydrogen) atoms. The van der Waals surface area contributed by atoms with E-state index in [1.165, 1.54) is 0 Å². The number of anilines is 1. The van der Waals surface area contributed by atoms with Crippen LogP contribution in [0.2, 0.25) is 0 Å². The van der Waals surface area contributed by atoms with Gasteiger partial charge in [-0.05, 0) is 28.1 Å². The van der Waals surface area contributed by atoms with Gasteiger partial charge in [-0.2, -0.15) is 0 Å². The molecule has 0 atom stereocenters. The van der Waals surface area contributed by atoms with Crippen molar-refractivity contribution in [1.82, 2.24) is 0 Å². The van der Waals surface area contributed by atoms with Gasteiger partial charge in [-0.1, -0.05) is 13.8 Å². The summed E-state index contributed by atoms with van der Waals surface area (Å²) in [5.74, 6) is 0.118. The molecule has 0 aliphatic carbocycles. The first-order valence-electron chi connectivity index (χ1n) is 4.83. The predicted molar refractivity (Wildman–Crippen MR) is 68.3 cm³/mol. The van der Waals surface area contributed by atoms with Gasteiger partial charge in [0.05, 0.1) is 8.79 Å². The van der Waals surface area contributed by atoms with Crippen LogP contribution in [0.1, 0.15) is 13.8 Å². The maximum absolute atomic E-state index is 11.9. The van der Waals surface area contributed by atoms with E-state index in [0.29, 0.717) is 13.1 Å². The summed E-state index contributed by atoms with van der Waals surface area (Å²) < 4.78 is 1.02. The van der Waals surface area contributed by atoms with Crippen LogP contribution in [0.25, 0.3) is 0 Å². The summed E-state index contributed by atoms with van der Waals surface area (Å²) in [5, 5.41) is 0.950. The number of carbonyl (C=O) groups excluding carboxylic acids is 1. The number of rotatable bonds is 4. The van der Waals surface area contributed by atoms with Gasteiger partial charge >= 0.3 is 0 Å². The fraction of sp³-hybridized carbons (Fsp3) is 0.500. The minimum atomic E-state index is -0.00238. The van der Waals surface area contributed by atoms with Gasteiger partial charge in [-0.3, -0.25) is 4.79 Å². The Kier molecular flexibility index (Phi) is 4.76. The van der Waals surface area contributed by atoms with E-state index in [1.54, 1.807) is 16.2 Å². The van der Waals surface area contributed by atoms with E-state index in [9.17, 15) is 4.79 Å². The minimum Gasteiger partial charge on any atom is -0.329 e. The second-order valence-electron chi connectivity index (χ2n) is 3.51. The largest absolute Gasteiger partial charge is 0.329 e. The molecule has 1 amide bonds. The van der Waals surface area contributed by atoms with E-state index in [-0.39, 0.29) is 11.8 Å². The molecular formula is C10H15BrN2OS. The summed E-state index contributed by atoms with van der Waals surface area (Å²) in [6.45, 7) is 4.85. The Balaban J connectivity index is 2.87. The van der Waals surface area contributed by atoms with E-state index in [2.05, 4.69) is 15.9 Å². The molecule has 3 nitrogen and oxygen atoms in total. The average molecular weight is 291 g/mol. The third-order valence-corrected chi connectivity index (χ3v) is 3.58. The van der Waals surface area contributed by atoms with Gasteiger partial charge in [0.15, 0.2) is 0 Å². The lowest BCUT2D eigenvalue weighted by Crippen LogP contribution is -2.37. The molecule has 0 bridgehead atoms. The molecule has 2 N–H and O–H groups in total. The van der Waals surface area contributed by atoms with Gasteiger partial charge in [0.2, 0.25) is 5.91 Å². The van der Waals surface area contributed by atoms with Gasteiger partial charge in [-0.25, -0.2) is 0 Å². The zero-order chi connectivity index (χ0) is 11.4. The fourth-order valence-corrected chi connectivity index (χ4v) is 2.61. The number of hydrogen-bond acceptors (Lipinski definition) is 3. The predicted octanol–water partition coefficient (Wildman–Crippen LogP) is 2.46. The molecule has 0 unspecified atom stereocenters. The zero-order valence-corrected chi connectivity index (χ0v) is 11.3. The molecule has 84 valence electrons. The lowest BCUT2D eigenvalue weighted by atomic mass is 10.2. The quantitative estimate of drug-likeness (QED) is 0.926. The Morgan fingerprint density at radius 3 is 2.67 bits per heavy atom. The third-order valence-electron chi connectivity index (χ3n) is 1.94. The monoisotopic (exact) mass is 290 g/mol.